The Labute approximate surface area is 177 Å². The van der Waals surface area contributed by atoms with E-state index in [1.165, 1.54) is 17.0 Å². The van der Waals surface area contributed by atoms with E-state index < -0.39 is 5.82 Å². The average molecular weight is 447 g/mol. The molecule has 0 spiro atoms. The lowest BCUT2D eigenvalue weighted by molar-refractivity contribution is -0.142. The van der Waals surface area contributed by atoms with Crippen LogP contribution >= 0.6 is 23.2 Å². The number of anilines is 2. The highest BCUT2D eigenvalue weighted by Crippen LogP contribution is 2.39. The molecule has 158 valence electrons. The fourth-order valence-electron chi connectivity index (χ4n) is 2.34. The maximum atomic E-state index is 14.7. The van der Waals surface area contributed by atoms with E-state index in [1.807, 2.05) is 0 Å². The van der Waals surface area contributed by atoms with Crippen molar-refractivity contribution in [1.29, 1.82) is 0 Å². The Balaban J connectivity index is 2.14. The number of likely N-dealkylation sites (N-methyl/N-ethyl adjacent to an activating group) is 1. The van der Waals surface area contributed by atoms with Gasteiger partial charge in [0, 0.05) is 25.8 Å². The third-order valence-corrected chi connectivity index (χ3v) is 4.26. The topological polar surface area (TPSA) is 96.8 Å². The quantitative estimate of drug-likeness (QED) is 0.535. The van der Waals surface area contributed by atoms with Crippen LogP contribution < -0.4 is 15.0 Å². The van der Waals surface area contributed by atoms with E-state index in [-0.39, 0.29) is 53.0 Å². The van der Waals surface area contributed by atoms with E-state index in [2.05, 4.69) is 15.3 Å². The molecule has 0 aliphatic carbocycles. The van der Waals surface area contributed by atoms with Crippen LogP contribution in [0, 0.1) is 5.82 Å². The molecule has 1 aromatic heterocycles. The van der Waals surface area contributed by atoms with Gasteiger partial charge in [-0.15, -0.1) is 0 Å². The number of halogens is 3. The van der Waals surface area contributed by atoms with Crippen LogP contribution in [0.1, 0.15) is 13.3 Å². The first-order chi connectivity index (χ1) is 13.9. The molecule has 0 radical (unpaired) electrons. The van der Waals surface area contributed by atoms with Crippen molar-refractivity contribution < 1.29 is 23.8 Å². The number of aromatic nitrogens is 2. The van der Waals surface area contributed by atoms with Gasteiger partial charge in [0.15, 0.2) is 11.6 Å². The first-order valence-electron chi connectivity index (χ1n) is 8.76. The smallest absolute Gasteiger partial charge is 0.307 e. The normalized spacial score (nSPS) is 10.6. The molecule has 0 saturated heterocycles. The van der Waals surface area contributed by atoms with Crippen LogP contribution in [0.4, 0.5) is 15.9 Å². The van der Waals surface area contributed by atoms with Crippen LogP contribution in [-0.4, -0.2) is 54.4 Å². The van der Waals surface area contributed by atoms with E-state index in [0.29, 0.717) is 18.8 Å². The maximum Gasteiger partial charge on any atom is 0.307 e. The Hall–Kier alpha value is -2.36. The number of hydrogen-bond acceptors (Lipinski definition) is 8. The van der Waals surface area contributed by atoms with Crippen molar-refractivity contribution in [2.75, 3.05) is 43.6 Å². The van der Waals surface area contributed by atoms with Gasteiger partial charge >= 0.3 is 5.97 Å². The van der Waals surface area contributed by atoms with E-state index in [1.54, 1.807) is 14.0 Å². The minimum absolute atomic E-state index is 0.0256. The minimum Gasteiger partial charge on any atom is -0.466 e. The van der Waals surface area contributed by atoms with E-state index in [0.717, 1.165) is 6.33 Å². The molecule has 0 amide bonds. The standard InChI is InChI=1S/C18H21Cl2FN4O4/c1-3-28-14(27)4-5-22-11-8-12(19)16(13(20)9-11)29-18-15(21)17(23-10-24-18)25(2)6-7-26/h8-10,22,26H,3-7H2,1-2H3. The van der Waals surface area contributed by atoms with Gasteiger partial charge in [0.1, 0.15) is 6.33 Å². The second-order valence-electron chi connectivity index (χ2n) is 5.81. The van der Waals surface area contributed by atoms with E-state index in [9.17, 15) is 9.18 Å². The second kappa shape index (κ2) is 11.0. The summed E-state index contributed by atoms with van der Waals surface area (Å²) in [7, 11) is 1.57. The zero-order valence-corrected chi connectivity index (χ0v) is 17.4. The van der Waals surface area contributed by atoms with Gasteiger partial charge in [-0.25, -0.2) is 4.98 Å². The van der Waals surface area contributed by atoms with Crippen LogP contribution in [0.15, 0.2) is 18.5 Å². The molecule has 1 aromatic carbocycles. The number of carbonyl (C=O) groups is 1. The largest absolute Gasteiger partial charge is 0.466 e. The molecule has 1 heterocycles. The molecule has 0 aliphatic heterocycles. The molecular formula is C18H21Cl2FN4O4. The maximum absolute atomic E-state index is 14.7. The fraction of sp³-hybridized carbons (Fsp3) is 0.389. The molecular weight excluding hydrogens is 426 g/mol. The summed E-state index contributed by atoms with van der Waals surface area (Å²) < 4.78 is 25.0. The van der Waals surface area contributed by atoms with Gasteiger partial charge in [-0.1, -0.05) is 23.2 Å². The Morgan fingerprint density at radius 1 is 1.31 bits per heavy atom. The first-order valence-corrected chi connectivity index (χ1v) is 9.51. The van der Waals surface area contributed by atoms with E-state index in [4.69, 9.17) is 37.8 Å². The number of ether oxygens (including phenoxy) is 2. The summed E-state index contributed by atoms with van der Waals surface area (Å²) in [5.74, 6) is -1.50. The molecule has 2 aromatic rings. The van der Waals surface area contributed by atoms with Crippen LogP contribution in [0.3, 0.4) is 0 Å². The zero-order valence-electron chi connectivity index (χ0n) is 15.9. The highest BCUT2D eigenvalue weighted by molar-refractivity contribution is 6.37. The Kier molecular flexibility index (Phi) is 8.69. The summed E-state index contributed by atoms with van der Waals surface area (Å²) in [6.45, 7) is 2.39. The first kappa shape index (κ1) is 22.9. The lowest BCUT2D eigenvalue weighted by atomic mass is 10.3. The summed E-state index contributed by atoms with van der Waals surface area (Å²) >= 11 is 12.5. The lowest BCUT2D eigenvalue weighted by Gasteiger charge is -2.18. The summed E-state index contributed by atoms with van der Waals surface area (Å²) in [4.78, 5) is 20.4. The van der Waals surface area contributed by atoms with Crippen molar-refractivity contribution >= 4 is 40.7 Å². The summed E-state index contributed by atoms with van der Waals surface area (Å²) in [6, 6.07) is 3.07. The third kappa shape index (κ3) is 6.31. The van der Waals surface area contributed by atoms with Gasteiger partial charge in [0.25, 0.3) is 5.88 Å². The van der Waals surface area contributed by atoms with Gasteiger partial charge in [0.2, 0.25) is 5.82 Å². The van der Waals surface area contributed by atoms with Crippen molar-refractivity contribution in [2.24, 2.45) is 0 Å². The molecule has 0 bridgehead atoms. The minimum atomic E-state index is -0.813. The molecule has 0 saturated carbocycles. The number of aliphatic hydroxyl groups excluding tert-OH is 1. The molecule has 0 aliphatic rings. The number of esters is 1. The number of nitrogens with one attached hydrogen (secondary N) is 1. The monoisotopic (exact) mass is 446 g/mol. The fourth-order valence-corrected chi connectivity index (χ4v) is 2.90. The van der Waals surface area contributed by atoms with Crippen molar-refractivity contribution in [3.8, 4) is 11.6 Å². The van der Waals surface area contributed by atoms with E-state index >= 15 is 0 Å². The SMILES string of the molecule is CCOC(=O)CCNc1cc(Cl)c(Oc2ncnc(N(C)CCO)c2F)c(Cl)c1. The van der Waals surface area contributed by atoms with Crippen LogP contribution in [-0.2, 0) is 9.53 Å². The molecule has 0 unspecified atom stereocenters. The molecule has 0 fully saturated rings. The molecule has 8 nitrogen and oxygen atoms in total. The number of aliphatic hydroxyl groups is 1. The van der Waals surface area contributed by atoms with Crippen LogP contribution in [0.2, 0.25) is 10.0 Å². The summed E-state index contributed by atoms with van der Waals surface area (Å²) in [5, 5.41) is 12.3. The number of rotatable bonds is 10. The lowest BCUT2D eigenvalue weighted by Crippen LogP contribution is -2.23. The third-order valence-electron chi connectivity index (χ3n) is 3.70. The summed E-state index contributed by atoms with van der Waals surface area (Å²) in [5.41, 5.74) is 0.558. The molecule has 29 heavy (non-hydrogen) atoms. The van der Waals surface area contributed by atoms with Gasteiger partial charge in [-0.3, -0.25) is 4.79 Å². The number of nitrogens with zero attached hydrogens (tertiary/aromatic N) is 3. The Morgan fingerprint density at radius 2 is 2.00 bits per heavy atom. The molecule has 2 rings (SSSR count). The van der Waals surface area contributed by atoms with Gasteiger partial charge in [-0.2, -0.15) is 9.37 Å². The number of benzene rings is 1. The van der Waals surface area contributed by atoms with Gasteiger partial charge in [-0.05, 0) is 19.1 Å². The van der Waals surface area contributed by atoms with Crippen molar-refractivity contribution in [3.63, 3.8) is 0 Å². The van der Waals surface area contributed by atoms with Crippen molar-refractivity contribution in [1.82, 2.24) is 9.97 Å². The average Bonchev–Trinajstić information content (AvgIpc) is 2.66. The summed E-state index contributed by atoms with van der Waals surface area (Å²) in [6.07, 6.45) is 1.31. The van der Waals surface area contributed by atoms with Crippen molar-refractivity contribution in [3.05, 3.63) is 34.3 Å². The van der Waals surface area contributed by atoms with Gasteiger partial charge < -0.3 is 24.8 Å². The second-order valence-corrected chi connectivity index (χ2v) is 6.63. The zero-order chi connectivity index (χ0) is 21.4. The molecule has 0 atom stereocenters. The Morgan fingerprint density at radius 3 is 2.62 bits per heavy atom. The number of carbonyl (C=O) groups excluding carboxylic acids is 1. The number of hydrogen-bond donors (Lipinski definition) is 2. The van der Waals surface area contributed by atoms with Crippen LogP contribution in [0.25, 0.3) is 0 Å². The predicted octanol–water partition coefficient (Wildman–Crippen LogP) is 3.51. The predicted molar refractivity (Wildman–Crippen MR) is 109 cm³/mol. The van der Waals surface area contributed by atoms with Crippen molar-refractivity contribution in [2.45, 2.75) is 13.3 Å². The Bertz CT molecular complexity index is 834. The molecule has 11 heteroatoms. The van der Waals surface area contributed by atoms with Crippen LogP contribution in [0.5, 0.6) is 11.6 Å². The molecule has 2 N–H and O–H groups in total. The van der Waals surface area contributed by atoms with Gasteiger partial charge in [0.05, 0.1) is 29.7 Å². The highest BCUT2D eigenvalue weighted by atomic mass is 35.5. The highest BCUT2D eigenvalue weighted by Gasteiger charge is 2.19.